The van der Waals surface area contributed by atoms with Crippen LogP contribution in [0.25, 0.3) is 0 Å². The van der Waals surface area contributed by atoms with Gasteiger partial charge < -0.3 is 10.1 Å². The Morgan fingerprint density at radius 2 is 2.00 bits per heavy atom. The predicted octanol–water partition coefficient (Wildman–Crippen LogP) is 4.25. The molecule has 1 atom stereocenters. The number of thiazole rings is 1. The lowest BCUT2D eigenvalue weighted by Crippen LogP contribution is -2.21. The van der Waals surface area contributed by atoms with Crippen LogP contribution >= 0.6 is 11.3 Å². The second-order valence-electron chi connectivity index (χ2n) is 7.15. The monoisotopic (exact) mass is 296 g/mol. The molecule has 114 valence electrons. The summed E-state index contributed by atoms with van der Waals surface area (Å²) in [6.07, 6.45) is 2.67. The molecule has 0 amide bonds. The van der Waals surface area contributed by atoms with Gasteiger partial charge in [-0.3, -0.25) is 0 Å². The van der Waals surface area contributed by atoms with E-state index < -0.39 is 0 Å². The van der Waals surface area contributed by atoms with E-state index in [2.05, 4.69) is 39.9 Å². The van der Waals surface area contributed by atoms with Crippen LogP contribution < -0.4 is 5.32 Å². The fourth-order valence-electron chi connectivity index (χ4n) is 2.42. The Morgan fingerprint density at radius 3 is 2.45 bits per heavy atom. The van der Waals surface area contributed by atoms with E-state index in [0.717, 1.165) is 11.6 Å². The highest BCUT2D eigenvalue weighted by Crippen LogP contribution is 2.45. The first-order valence-corrected chi connectivity index (χ1v) is 8.40. The van der Waals surface area contributed by atoms with Crippen LogP contribution in [0.1, 0.15) is 75.1 Å². The van der Waals surface area contributed by atoms with E-state index in [0.29, 0.717) is 12.0 Å². The molecule has 0 spiro atoms. The van der Waals surface area contributed by atoms with Gasteiger partial charge in [-0.2, -0.15) is 0 Å². The molecule has 1 unspecified atom stereocenters. The number of methoxy groups -OCH3 is 1. The topological polar surface area (TPSA) is 34.1 Å². The molecule has 2 rings (SSSR count). The van der Waals surface area contributed by atoms with Gasteiger partial charge in [0.05, 0.1) is 5.69 Å². The number of rotatable bonds is 6. The van der Waals surface area contributed by atoms with Crippen LogP contribution in [0, 0.1) is 5.41 Å². The average Bonchev–Trinajstić information content (AvgIpc) is 3.08. The van der Waals surface area contributed by atoms with Crippen LogP contribution in [0.5, 0.6) is 0 Å². The van der Waals surface area contributed by atoms with Crippen molar-refractivity contribution >= 4 is 11.3 Å². The van der Waals surface area contributed by atoms with E-state index in [-0.39, 0.29) is 11.5 Å². The van der Waals surface area contributed by atoms with Crippen LogP contribution in [0.4, 0.5) is 0 Å². The molecule has 1 saturated carbocycles. The van der Waals surface area contributed by atoms with Gasteiger partial charge in [0.1, 0.15) is 11.1 Å². The number of hydrogen-bond acceptors (Lipinski definition) is 4. The largest absolute Gasteiger partial charge is 0.374 e. The third-order valence-electron chi connectivity index (χ3n) is 3.63. The zero-order valence-corrected chi connectivity index (χ0v) is 14.4. The van der Waals surface area contributed by atoms with Crippen molar-refractivity contribution in [1.29, 1.82) is 0 Å². The van der Waals surface area contributed by atoms with Crippen molar-refractivity contribution in [2.24, 2.45) is 5.41 Å². The van der Waals surface area contributed by atoms with Crippen molar-refractivity contribution in [1.82, 2.24) is 10.3 Å². The zero-order chi connectivity index (χ0) is 14.9. The van der Waals surface area contributed by atoms with Gasteiger partial charge in [0.15, 0.2) is 0 Å². The summed E-state index contributed by atoms with van der Waals surface area (Å²) in [6.45, 7) is 11.9. The third kappa shape index (κ3) is 3.80. The molecular weight excluding hydrogens is 268 g/mol. The first-order chi connectivity index (χ1) is 9.32. The van der Waals surface area contributed by atoms with Crippen molar-refractivity contribution in [3.63, 3.8) is 0 Å². The molecule has 0 radical (unpaired) electrons. The summed E-state index contributed by atoms with van der Waals surface area (Å²) in [7, 11) is 1.79. The highest BCUT2D eigenvalue weighted by molar-refractivity contribution is 7.11. The average molecular weight is 296 g/mol. The number of nitrogens with zero attached hydrogens (tertiary/aromatic N) is 1. The maximum atomic E-state index is 5.72. The molecule has 20 heavy (non-hydrogen) atoms. The Labute approximate surface area is 127 Å². The van der Waals surface area contributed by atoms with Crippen LogP contribution in [0.15, 0.2) is 0 Å². The van der Waals surface area contributed by atoms with Crippen LogP contribution in [-0.2, 0) is 11.3 Å². The van der Waals surface area contributed by atoms with Crippen molar-refractivity contribution in [3.8, 4) is 0 Å². The van der Waals surface area contributed by atoms with Gasteiger partial charge in [0.25, 0.3) is 0 Å². The normalized spacial score (nSPS) is 17.8. The van der Waals surface area contributed by atoms with Crippen LogP contribution in [0.2, 0.25) is 0 Å². The minimum atomic E-state index is 0.0795. The molecule has 0 aliphatic heterocycles. The SMILES string of the molecule is COC(c1nc(C2CC2)c(CNC(C)C)s1)C(C)(C)C. The molecule has 1 aliphatic rings. The van der Waals surface area contributed by atoms with Gasteiger partial charge in [-0.25, -0.2) is 4.98 Å². The van der Waals surface area contributed by atoms with E-state index in [4.69, 9.17) is 9.72 Å². The van der Waals surface area contributed by atoms with Crippen molar-refractivity contribution in [2.75, 3.05) is 7.11 Å². The Kier molecular flexibility index (Phi) is 4.88. The predicted molar refractivity (Wildman–Crippen MR) is 85.3 cm³/mol. The fraction of sp³-hybridized carbons (Fsp3) is 0.812. The van der Waals surface area contributed by atoms with E-state index in [1.165, 1.54) is 23.4 Å². The summed E-state index contributed by atoms with van der Waals surface area (Å²) >= 11 is 1.83. The second kappa shape index (κ2) is 6.12. The summed E-state index contributed by atoms with van der Waals surface area (Å²) in [5.41, 5.74) is 1.40. The third-order valence-corrected chi connectivity index (χ3v) is 4.74. The van der Waals surface area contributed by atoms with Crippen molar-refractivity contribution in [3.05, 3.63) is 15.6 Å². The van der Waals surface area contributed by atoms with E-state index in [9.17, 15) is 0 Å². The molecule has 4 heteroatoms. The molecule has 1 aromatic heterocycles. The second-order valence-corrected chi connectivity index (χ2v) is 8.27. The minimum Gasteiger partial charge on any atom is -0.374 e. The molecule has 1 heterocycles. The molecule has 3 nitrogen and oxygen atoms in total. The molecule has 0 aromatic carbocycles. The van der Waals surface area contributed by atoms with Gasteiger partial charge in [-0.15, -0.1) is 11.3 Å². The molecule has 1 fully saturated rings. The number of aromatic nitrogens is 1. The lowest BCUT2D eigenvalue weighted by atomic mass is 9.89. The molecule has 1 aromatic rings. The Balaban J connectivity index is 2.24. The van der Waals surface area contributed by atoms with Crippen LogP contribution in [0.3, 0.4) is 0 Å². The van der Waals surface area contributed by atoms with Crippen LogP contribution in [-0.4, -0.2) is 18.1 Å². The smallest absolute Gasteiger partial charge is 0.123 e. The number of ether oxygens (including phenoxy) is 1. The summed E-state index contributed by atoms with van der Waals surface area (Å²) in [6, 6.07) is 0.508. The molecule has 1 aliphatic carbocycles. The summed E-state index contributed by atoms with van der Waals surface area (Å²) in [5, 5.41) is 4.66. The maximum Gasteiger partial charge on any atom is 0.123 e. The molecule has 1 N–H and O–H groups in total. The standard InChI is InChI=1S/C16H28N2OS/c1-10(2)17-9-12-13(11-7-8-11)18-15(20-12)14(19-6)16(3,4)5/h10-11,14,17H,7-9H2,1-6H3. The zero-order valence-electron chi connectivity index (χ0n) is 13.6. The quantitative estimate of drug-likeness (QED) is 0.852. The Morgan fingerprint density at radius 1 is 1.35 bits per heavy atom. The lowest BCUT2D eigenvalue weighted by molar-refractivity contribution is 0.0149. The minimum absolute atomic E-state index is 0.0795. The highest BCUT2D eigenvalue weighted by Gasteiger charge is 2.34. The summed E-state index contributed by atoms with van der Waals surface area (Å²) in [5.74, 6) is 0.696. The maximum absolute atomic E-state index is 5.72. The van der Waals surface area contributed by atoms with Crippen molar-refractivity contribution in [2.45, 2.75) is 72.1 Å². The van der Waals surface area contributed by atoms with E-state index in [1.807, 2.05) is 11.3 Å². The van der Waals surface area contributed by atoms with E-state index >= 15 is 0 Å². The first kappa shape index (κ1) is 15.9. The molecule has 0 saturated heterocycles. The molecular formula is C16H28N2OS. The fourth-order valence-corrected chi connectivity index (χ4v) is 3.84. The number of hydrogen-bond donors (Lipinski definition) is 1. The summed E-state index contributed by atoms with van der Waals surface area (Å²) in [4.78, 5) is 6.35. The molecule has 0 bridgehead atoms. The number of nitrogens with one attached hydrogen (secondary N) is 1. The van der Waals surface area contributed by atoms with Gasteiger partial charge >= 0.3 is 0 Å². The highest BCUT2D eigenvalue weighted by atomic mass is 32.1. The lowest BCUT2D eigenvalue weighted by Gasteiger charge is -2.27. The van der Waals surface area contributed by atoms with Gasteiger partial charge in [-0.1, -0.05) is 34.6 Å². The van der Waals surface area contributed by atoms with E-state index in [1.54, 1.807) is 7.11 Å². The Bertz CT molecular complexity index is 444. The summed E-state index contributed by atoms with van der Waals surface area (Å²) < 4.78 is 5.72. The Hall–Kier alpha value is -0.450. The van der Waals surface area contributed by atoms with Gasteiger partial charge in [-0.05, 0) is 18.3 Å². The van der Waals surface area contributed by atoms with Crippen molar-refractivity contribution < 1.29 is 4.74 Å². The van der Waals surface area contributed by atoms with Gasteiger partial charge in [0, 0.05) is 30.5 Å². The first-order valence-electron chi connectivity index (χ1n) is 7.58. The van der Waals surface area contributed by atoms with Gasteiger partial charge in [0.2, 0.25) is 0 Å².